The van der Waals surface area contributed by atoms with Gasteiger partial charge >= 0.3 is 29.6 Å². The molecule has 0 aromatic heterocycles. The average Bonchev–Trinajstić information content (AvgIpc) is 2.20. The standard InChI is InChI=1S/C8H9O.C2H8N2.Na/c1-2-9-8-6-4-3-5-7-8;3-1-2-4;/h3-7H,1-2H2;1-4H2;/q-1;;+1. The zero-order chi connectivity index (χ0) is 9.94. The number of rotatable bonds is 3. The largest absolute Gasteiger partial charge is 1.00 e. The van der Waals surface area contributed by atoms with E-state index in [0.717, 1.165) is 5.75 Å². The van der Waals surface area contributed by atoms with E-state index >= 15 is 0 Å². The molecule has 0 aliphatic heterocycles. The van der Waals surface area contributed by atoms with Gasteiger partial charge in [-0.25, -0.2) is 0 Å². The van der Waals surface area contributed by atoms with Crippen molar-refractivity contribution in [3.05, 3.63) is 37.3 Å². The third-order valence-electron chi connectivity index (χ3n) is 1.18. The Kier molecular flexibility index (Phi) is 15.1. The molecule has 14 heavy (non-hydrogen) atoms. The van der Waals surface area contributed by atoms with Crippen LogP contribution in [0.4, 0.5) is 0 Å². The van der Waals surface area contributed by atoms with Gasteiger partial charge in [-0.2, -0.15) is 0 Å². The van der Waals surface area contributed by atoms with Gasteiger partial charge in [0.1, 0.15) is 5.75 Å². The van der Waals surface area contributed by atoms with Crippen LogP contribution in [0, 0.1) is 6.92 Å². The molecule has 1 rings (SSSR count). The molecular formula is C10H17N2NaO. The Labute approximate surface area is 108 Å². The van der Waals surface area contributed by atoms with Gasteiger partial charge in [0, 0.05) is 13.1 Å². The van der Waals surface area contributed by atoms with Gasteiger partial charge in [-0.05, 0) is 18.7 Å². The summed E-state index contributed by atoms with van der Waals surface area (Å²) in [5.41, 5.74) is 9.81. The van der Waals surface area contributed by atoms with E-state index in [1.807, 2.05) is 30.3 Å². The summed E-state index contributed by atoms with van der Waals surface area (Å²) in [5, 5.41) is 0. The summed E-state index contributed by atoms with van der Waals surface area (Å²) >= 11 is 0. The van der Waals surface area contributed by atoms with Gasteiger partial charge in [0.05, 0.1) is 0 Å². The van der Waals surface area contributed by atoms with Gasteiger partial charge in [-0.3, -0.25) is 0 Å². The quantitative estimate of drug-likeness (QED) is 0.434. The monoisotopic (exact) mass is 204 g/mol. The van der Waals surface area contributed by atoms with Crippen LogP contribution < -0.4 is 45.8 Å². The van der Waals surface area contributed by atoms with Crippen LogP contribution in [-0.2, 0) is 0 Å². The van der Waals surface area contributed by atoms with Crippen molar-refractivity contribution in [2.45, 2.75) is 0 Å². The van der Waals surface area contributed by atoms with Gasteiger partial charge in [-0.1, -0.05) is 18.2 Å². The van der Waals surface area contributed by atoms with Gasteiger partial charge < -0.3 is 23.1 Å². The number of ether oxygens (including phenoxy) is 1. The zero-order valence-corrected chi connectivity index (χ0v) is 10.8. The Hall–Kier alpha value is -0.0600. The van der Waals surface area contributed by atoms with Gasteiger partial charge in [0.15, 0.2) is 0 Å². The van der Waals surface area contributed by atoms with E-state index in [1.165, 1.54) is 0 Å². The molecule has 4 N–H and O–H groups in total. The molecule has 0 saturated carbocycles. The molecule has 0 unspecified atom stereocenters. The van der Waals surface area contributed by atoms with Crippen molar-refractivity contribution >= 4 is 0 Å². The molecule has 0 aliphatic carbocycles. The molecule has 3 nitrogen and oxygen atoms in total. The predicted molar refractivity (Wildman–Crippen MR) is 55.4 cm³/mol. The predicted octanol–water partition coefficient (Wildman–Crippen LogP) is -2.19. The molecule has 0 atom stereocenters. The third-order valence-corrected chi connectivity index (χ3v) is 1.18. The topological polar surface area (TPSA) is 61.3 Å². The first kappa shape index (κ1) is 16.4. The first-order valence-electron chi connectivity index (χ1n) is 4.22. The van der Waals surface area contributed by atoms with E-state index in [1.54, 1.807) is 0 Å². The fourth-order valence-electron chi connectivity index (χ4n) is 0.635. The molecule has 0 fully saturated rings. The zero-order valence-electron chi connectivity index (χ0n) is 8.78. The van der Waals surface area contributed by atoms with Gasteiger partial charge in [-0.15, -0.1) is 0 Å². The molecule has 0 bridgehead atoms. The van der Waals surface area contributed by atoms with Crippen molar-refractivity contribution in [2.24, 2.45) is 11.5 Å². The Morgan fingerprint density at radius 2 is 1.57 bits per heavy atom. The van der Waals surface area contributed by atoms with Crippen LogP contribution in [0.3, 0.4) is 0 Å². The van der Waals surface area contributed by atoms with E-state index < -0.39 is 0 Å². The second-order valence-electron chi connectivity index (χ2n) is 2.24. The van der Waals surface area contributed by atoms with Crippen molar-refractivity contribution in [3.8, 4) is 5.75 Å². The normalized spacial score (nSPS) is 7.93. The molecule has 1 aromatic carbocycles. The van der Waals surface area contributed by atoms with Crippen molar-refractivity contribution in [1.82, 2.24) is 0 Å². The minimum atomic E-state index is 0. The van der Waals surface area contributed by atoms with Crippen LogP contribution in [0.2, 0.25) is 0 Å². The van der Waals surface area contributed by atoms with E-state index in [9.17, 15) is 0 Å². The van der Waals surface area contributed by atoms with Gasteiger partial charge in [0.25, 0.3) is 0 Å². The molecule has 0 spiro atoms. The van der Waals surface area contributed by atoms with E-state index in [-0.39, 0.29) is 29.6 Å². The maximum Gasteiger partial charge on any atom is 1.00 e. The van der Waals surface area contributed by atoms with Crippen molar-refractivity contribution in [2.75, 3.05) is 19.7 Å². The summed E-state index contributed by atoms with van der Waals surface area (Å²) in [6.07, 6.45) is 0. The summed E-state index contributed by atoms with van der Waals surface area (Å²) < 4.78 is 5.09. The maximum absolute atomic E-state index is 5.09. The fourth-order valence-corrected chi connectivity index (χ4v) is 0.635. The Morgan fingerprint density at radius 3 is 1.93 bits per heavy atom. The van der Waals surface area contributed by atoms with Crippen molar-refractivity contribution in [1.29, 1.82) is 0 Å². The van der Waals surface area contributed by atoms with E-state index in [2.05, 4.69) is 6.92 Å². The van der Waals surface area contributed by atoms with Crippen LogP contribution in [-0.4, -0.2) is 19.7 Å². The molecule has 0 aliphatic rings. The SMILES string of the molecule is NCCN.[CH2-]COc1ccccc1.[Na+]. The number of para-hydroxylation sites is 1. The number of hydrogen-bond donors (Lipinski definition) is 2. The second kappa shape index (κ2) is 12.9. The van der Waals surface area contributed by atoms with Crippen LogP contribution in [0.15, 0.2) is 30.3 Å². The number of hydrogen-bond acceptors (Lipinski definition) is 3. The number of nitrogens with two attached hydrogens (primary N) is 2. The average molecular weight is 204 g/mol. The molecule has 0 amide bonds. The Bertz CT molecular complexity index is 193. The molecule has 0 heterocycles. The first-order valence-corrected chi connectivity index (χ1v) is 4.22. The Morgan fingerprint density at radius 1 is 1.07 bits per heavy atom. The third kappa shape index (κ3) is 10.0. The fraction of sp³-hybridized carbons (Fsp3) is 0.300. The van der Waals surface area contributed by atoms with Crippen molar-refractivity contribution in [3.63, 3.8) is 0 Å². The van der Waals surface area contributed by atoms with Crippen LogP contribution in [0.25, 0.3) is 0 Å². The smallest absolute Gasteiger partial charge is 0.525 e. The minimum absolute atomic E-state index is 0. The van der Waals surface area contributed by atoms with Crippen LogP contribution >= 0.6 is 0 Å². The van der Waals surface area contributed by atoms with Crippen LogP contribution in [0.1, 0.15) is 0 Å². The second-order valence-corrected chi connectivity index (χ2v) is 2.24. The van der Waals surface area contributed by atoms with Crippen LogP contribution in [0.5, 0.6) is 5.75 Å². The first-order chi connectivity index (χ1) is 6.35. The summed E-state index contributed by atoms with van der Waals surface area (Å²) in [6.45, 7) is 5.24. The molecular weight excluding hydrogens is 187 g/mol. The molecule has 1 aromatic rings. The Balaban J connectivity index is 0. The molecule has 0 saturated heterocycles. The summed E-state index contributed by atoms with van der Waals surface area (Å²) in [7, 11) is 0. The van der Waals surface area contributed by atoms with E-state index in [0.29, 0.717) is 19.7 Å². The minimum Gasteiger partial charge on any atom is -0.525 e. The van der Waals surface area contributed by atoms with E-state index in [4.69, 9.17) is 16.2 Å². The summed E-state index contributed by atoms with van der Waals surface area (Å²) in [6, 6.07) is 9.64. The summed E-state index contributed by atoms with van der Waals surface area (Å²) in [5.74, 6) is 0.882. The molecule has 0 radical (unpaired) electrons. The van der Waals surface area contributed by atoms with Gasteiger partial charge in [0.2, 0.25) is 0 Å². The number of benzene rings is 1. The molecule has 74 valence electrons. The molecule has 4 heteroatoms. The summed E-state index contributed by atoms with van der Waals surface area (Å²) in [4.78, 5) is 0. The maximum atomic E-state index is 5.09. The van der Waals surface area contributed by atoms with Crippen molar-refractivity contribution < 1.29 is 34.3 Å².